The Labute approximate surface area is 106 Å². The van der Waals surface area contributed by atoms with Gasteiger partial charge in [-0.1, -0.05) is 12.1 Å². The Hall–Kier alpha value is -1.62. The predicted octanol–water partition coefficient (Wildman–Crippen LogP) is 1.70. The van der Waals surface area contributed by atoms with Crippen molar-refractivity contribution >= 4 is 6.03 Å². The van der Waals surface area contributed by atoms with Crippen LogP contribution in [0.5, 0.6) is 0 Å². The van der Waals surface area contributed by atoms with Crippen molar-refractivity contribution in [1.82, 2.24) is 10.6 Å². The third-order valence-corrected chi connectivity index (χ3v) is 2.63. The highest BCUT2D eigenvalue weighted by molar-refractivity contribution is 5.74. The van der Waals surface area contributed by atoms with E-state index in [2.05, 4.69) is 10.6 Å². The van der Waals surface area contributed by atoms with Gasteiger partial charge in [0, 0.05) is 19.2 Å². The minimum absolute atomic E-state index is 0.0324. The zero-order valence-electron chi connectivity index (χ0n) is 10.7. The second-order valence-electron chi connectivity index (χ2n) is 4.32. The van der Waals surface area contributed by atoms with Crippen molar-refractivity contribution in [2.45, 2.75) is 32.9 Å². The maximum Gasteiger partial charge on any atom is 0.315 e. The SMILES string of the molecule is Cc1ccc(CNC(=O)N[C@H](C)CCO)cc1F. The molecule has 0 saturated heterocycles. The van der Waals surface area contributed by atoms with E-state index in [1.54, 1.807) is 26.0 Å². The number of benzene rings is 1. The minimum atomic E-state index is -0.322. The lowest BCUT2D eigenvalue weighted by atomic mass is 10.1. The van der Waals surface area contributed by atoms with Gasteiger partial charge in [0.05, 0.1) is 0 Å². The van der Waals surface area contributed by atoms with E-state index in [0.29, 0.717) is 17.5 Å². The van der Waals surface area contributed by atoms with E-state index in [0.717, 1.165) is 0 Å². The number of aryl methyl sites for hydroxylation is 1. The van der Waals surface area contributed by atoms with Crippen molar-refractivity contribution in [3.8, 4) is 0 Å². The van der Waals surface area contributed by atoms with Gasteiger partial charge in [-0.05, 0) is 37.5 Å². The molecule has 0 bridgehead atoms. The molecule has 18 heavy (non-hydrogen) atoms. The summed E-state index contributed by atoms with van der Waals surface area (Å²) in [6.07, 6.45) is 0.507. The van der Waals surface area contributed by atoms with Crippen molar-refractivity contribution in [2.75, 3.05) is 6.61 Å². The zero-order chi connectivity index (χ0) is 13.5. The Morgan fingerprint density at radius 3 is 2.83 bits per heavy atom. The lowest BCUT2D eigenvalue weighted by Gasteiger charge is -2.13. The molecule has 0 aliphatic heterocycles. The third kappa shape index (κ3) is 4.71. The maximum absolute atomic E-state index is 13.3. The van der Waals surface area contributed by atoms with Crippen LogP contribution < -0.4 is 10.6 Å². The highest BCUT2D eigenvalue weighted by Gasteiger charge is 2.06. The second kappa shape index (κ2) is 6.96. The largest absolute Gasteiger partial charge is 0.396 e. The number of halogens is 1. The zero-order valence-corrected chi connectivity index (χ0v) is 10.7. The van der Waals surface area contributed by atoms with Gasteiger partial charge >= 0.3 is 6.03 Å². The van der Waals surface area contributed by atoms with Crippen molar-refractivity contribution in [3.63, 3.8) is 0 Å². The Morgan fingerprint density at radius 2 is 2.22 bits per heavy atom. The number of carbonyl (C=O) groups is 1. The van der Waals surface area contributed by atoms with E-state index in [9.17, 15) is 9.18 Å². The summed E-state index contributed by atoms with van der Waals surface area (Å²) < 4.78 is 13.3. The fourth-order valence-corrected chi connectivity index (χ4v) is 1.47. The van der Waals surface area contributed by atoms with E-state index in [-0.39, 0.29) is 31.0 Å². The molecular formula is C13H19FN2O2. The Bertz CT molecular complexity index is 410. The molecule has 0 aliphatic carbocycles. The maximum atomic E-state index is 13.3. The van der Waals surface area contributed by atoms with Crippen molar-refractivity contribution in [1.29, 1.82) is 0 Å². The smallest absolute Gasteiger partial charge is 0.315 e. The molecule has 100 valence electrons. The molecule has 3 N–H and O–H groups in total. The quantitative estimate of drug-likeness (QED) is 0.749. The van der Waals surface area contributed by atoms with Crippen LogP contribution in [-0.2, 0) is 6.54 Å². The Balaban J connectivity index is 2.40. The highest BCUT2D eigenvalue weighted by Crippen LogP contribution is 2.08. The van der Waals surface area contributed by atoms with Gasteiger partial charge in [0.2, 0.25) is 0 Å². The van der Waals surface area contributed by atoms with Crippen LogP contribution in [0.2, 0.25) is 0 Å². The number of rotatable bonds is 5. The number of hydrogen-bond donors (Lipinski definition) is 3. The molecule has 2 amide bonds. The number of amides is 2. The predicted molar refractivity (Wildman–Crippen MR) is 67.7 cm³/mol. The number of hydrogen-bond acceptors (Lipinski definition) is 2. The first-order valence-corrected chi connectivity index (χ1v) is 5.93. The van der Waals surface area contributed by atoms with Crippen LogP contribution in [0.3, 0.4) is 0 Å². The summed E-state index contributed by atoms with van der Waals surface area (Å²) in [5, 5.41) is 14.0. The number of carbonyl (C=O) groups excluding carboxylic acids is 1. The number of nitrogens with one attached hydrogen (secondary N) is 2. The molecule has 0 fully saturated rings. The van der Waals surface area contributed by atoms with E-state index < -0.39 is 0 Å². The first kappa shape index (κ1) is 14.4. The molecule has 0 radical (unpaired) electrons. The van der Waals surface area contributed by atoms with E-state index in [1.165, 1.54) is 6.07 Å². The van der Waals surface area contributed by atoms with Crippen LogP contribution in [-0.4, -0.2) is 23.8 Å². The molecular weight excluding hydrogens is 235 g/mol. The third-order valence-electron chi connectivity index (χ3n) is 2.63. The summed E-state index contributed by atoms with van der Waals surface area (Å²) in [7, 11) is 0. The molecule has 4 nitrogen and oxygen atoms in total. The highest BCUT2D eigenvalue weighted by atomic mass is 19.1. The molecule has 0 spiro atoms. The van der Waals surface area contributed by atoms with Gasteiger partial charge in [-0.3, -0.25) is 0 Å². The number of aliphatic hydroxyl groups excluding tert-OH is 1. The van der Waals surface area contributed by atoms with Gasteiger partial charge in [0.1, 0.15) is 5.82 Å². The van der Waals surface area contributed by atoms with Crippen LogP contribution in [0.25, 0.3) is 0 Å². The fraction of sp³-hybridized carbons (Fsp3) is 0.462. The van der Waals surface area contributed by atoms with Crippen molar-refractivity contribution in [3.05, 3.63) is 35.1 Å². The average molecular weight is 254 g/mol. The normalized spacial score (nSPS) is 12.0. The van der Waals surface area contributed by atoms with Crippen molar-refractivity contribution in [2.24, 2.45) is 0 Å². The first-order chi connectivity index (χ1) is 8.52. The number of urea groups is 1. The molecule has 1 aromatic rings. The van der Waals surface area contributed by atoms with Crippen LogP contribution in [0.4, 0.5) is 9.18 Å². The van der Waals surface area contributed by atoms with E-state index in [1.807, 2.05) is 0 Å². The molecule has 0 aromatic heterocycles. The fourth-order valence-electron chi connectivity index (χ4n) is 1.47. The summed E-state index contributed by atoms with van der Waals surface area (Å²) in [4.78, 5) is 11.5. The monoisotopic (exact) mass is 254 g/mol. The number of aliphatic hydroxyl groups is 1. The van der Waals surface area contributed by atoms with Crippen LogP contribution in [0, 0.1) is 12.7 Å². The summed E-state index contributed by atoms with van der Waals surface area (Å²) in [6.45, 7) is 3.80. The summed E-state index contributed by atoms with van der Waals surface area (Å²) in [6, 6.07) is 4.45. The van der Waals surface area contributed by atoms with E-state index >= 15 is 0 Å². The lowest BCUT2D eigenvalue weighted by Crippen LogP contribution is -2.40. The second-order valence-corrected chi connectivity index (χ2v) is 4.32. The Kier molecular flexibility index (Phi) is 5.58. The molecule has 1 rings (SSSR count). The van der Waals surface area contributed by atoms with Gasteiger partial charge in [-0.25, -0.2) is 9.18 Å². The van der Waals surface area contributed by atoms with Gasteiger partial charge < -0.3 is 15.7 Å². The molecule has 0 unspecified atom stereocenters. The van der Waals surface area contributed by atoms with Gasteiger partial charge in [-0.15, -0.1) is 0 Å². The molecule has 1 atom stereocenters. The van der Waals surface area contributed by atoms with E-state index in [4.69, 9.17) is 5.11 Å². The molecule has 0 saturated carbocycles. The standard InChI is InChI=1S/C13H19FN2O2/c1-9-3-4-11(7-12(9)14)8-15-13(18)16-10(2)5-6-17/h3-4,7,10,17H,5-6,8H2,1-2H3,(H2,15,16,18)/t10-/m1/s1. The summed E-state index contributed by atoms with van der Waals surface area (Å²) in [5.41, 5.74) is 1.29. The van der Waals surface area contributed by atoms with Crippen molar-refractivity contribution < 1.29 is 14.3 Å². The van der Waals surface area contributed by atoms with Crippen LogP contribution >= 0.6 is 0 Å². The topological polar surface area (TPSA) is 61.4 Å². The Morgan fingerprint density at radius 1 is 1.50 bits per heavy atom. The molecule has 1 aromatic carbocycles. The average Bonchev–Trinajstić information content (AvgIpc) is 2.31. The minimum Gasteiger partial charge on any atom is -0.396 e. The lowest BCUT2D eigenvalue weighted by molar-refractivity contribution is 0.230. The van der Waals surface area contributed by atoms with Gasteiger partial charge in [0.15, 0.2) is 0 Å². The van der Waals surface area contributed by atoms with Gasteiger partial charge in [-0.2, -0.15) is 0 Å². The first-order valence-electron chi connectivity index (χ1n) is 5.93. The molecule has 5 heteroatoms. The molecule has 0 heterocycles. The van der Waals surface area contributed by atoms with Gasteiger partial charge in [0.25, 0.3) is 0 Å². The molecule has 0 aliphatic rings. The summed E-state index contributed by atoms with van der Waals surface area (Å²) in [5.74, 6) is -0.275. The summed E-state index contributed by atoms with van der Waals surface area (Å²) >= 11 is 0. The van der Waals surface area contributed by atoms with Crippen LogP contribution in [0.15, 0.2) is 18.2 Å². The van der Waals surface area contributed by atoms with Crippen LogP contribution in [0.1, 0.15) is 24.5 Å².